The fraction of sp³-hybridized carbons (Fsp3) is 0.462. The highest BCUT2D eigenvalue weighted by Crippen LogP contribution is 2.26. The lowest BCUT2D eigenvalue weighted by atomic mass is 9.90. The Kier molecular flexibility index (Phi) is 3.84. The summed E-state index contributed by atoms with van der Waals surface area (Å²) in [6.45, 7) is 3.91. The van der Waals surface area contributed by atoms with Crippen molar-refractivity contribution in [1.82, 2.24) is 5.32 Å². The van der Waals surface area contributed by atoms with Crippen LogP contribution in [0.25, 0.3) is 0 Å². The molecule has 1 unspecified atom stereocenters. The summed E-state index contributed by atoms with van der Waals surface area (Å²) in [5.41, 5.74) is 0.658. The first-order valence-corrected chi connectivity index (χ1v) is 6.52. The second-order valence-electron chi connectivity index (χ2n) is 4.69. The second kappa shape index (κ2) is 5.19. The van der Waals surface area contributed by atoms with Gasteiger partial charge in [0.05, 0.1) is 5.41 Å². The minimum atomic E-state index is -0.352. The number of hydrogen-bond donors (Lipinski definition) is 1. The van der Waals surface area contributed by atoms with E-state index < -0.39 is 0 Å². The van der Waals surface area contributed by atoms with Crippen LogP contribution in [0.3, 0.4) is 0 Å². The van der Waals surface area contributed by atoms with Crippen LogP contribution >= 0.6 is 15.9 Å². The van der Waals surface area contributed by atoms with Crippen molar-refractivity contribution in [2.45, 2.75) is 20.0 Å². The number of halogens is 1. The van der Waals surface area contributed by atoms with E-state index in [1.165, 1.54) is 0 Å². The van der Waals surface area contributed by atoms with Gasteiger partial charge in [-0.15, -0.1) is 0 Å². The molecule has 0 spiro atoms. The van der Waals surface area contributed by atoms with Crippen molar-refractivity contribution in [3.8, 4) is 0 Å². The second-order valence-corrected chi connectivity index (χ2v) is 5.61. The third-order valence-electron chi connectivity index (χ3n) is 3.14. The smallest absolute Gasteiger partial charge is 0.313 e. The molecule has 0 bridgehead atoms. The Hall–Kier alpha value is -0.870. The van der Waals surface area contributed by atoms with Gasteiger partial charge in [-0.05, 0) is 37.6 Å². The van der Waals surface area contributed by atoms with Crippen molar-refractivity contribution in [1.29, 1.82) is 0 Å². The zero-order valence-corrected chi connectivity index (χ0v) is 11.4. The summed E-state index contributed by atoms with van der Waals surface area (Å²) in [6, 6.07) is 7.79. The van der Waals surface area contributed by atoms with E-state index in [9.17, 15) is 4.79 Å². The highest BCUT2D eigenvalue weighted by atomic mass is 79.9. The van der Waals surface area contributed by atoms with E-state index in [1.54, 1.807) is 0 Å². The van der Waals surface area contributed by atoms with Crippen molar-refractivity contribution in [2.24, 2.45) is 5.41 Å². The molecule has 1 aromatic carbocycles. The number of benzene rings is 1. The van der Waals surface area contributed by atoms with E-state index in [2.05, 4.69) is 21.2 Å². The molecular weight excluding hydrogens is 282 g/mol. The molecule has 3 nitrogen and oxygen atoms in total. The normalized spacial score (nSPS) is 23.6. The molecule has 1 aliphatic heterocycles. The number of ether oxygens (including phenoxy) is 1. The Bertz CT molecular complexity index is 396. The Balaban J connectivity index is 1.89. The van der Waals surface area contributed by atoms with Gasteiger partial charge in [-0.1, -0.05) is 28.1 Å². The number of nitrogens with one attached hydrogen (secondary N) is 1. The molecule has 0 radical (unpaired) electrons. The molecule has 1 fully saturated rings. The van der Waals surface area contributed by atoms with Gasteiger partial charge in [0.15, 0.2) is 0 Å². The first-order chi connectivity index (χ1) is 8.10. The SMILES string of the molecule is CC1(C(=O)OCc2ccc(Br)cc2)CCNC1. The van der Waals surface area contributed by atoms with E-state index in [4.69, 9.17) is 4.74 Å². The number of esters is 1. The molecule has 0 aliphatic carbocycles. The van der Waals surface area contributed by atoms with Gasteiger partial charge in [0.25, 0.3) is 0 Å². The zero-order valence-electron chi connectivity index (χ0n) is 9.83. The van der Waals surface area contributed by atoms with Crippen molar-refractivity contribution in [2.75, 3.05) is 13.1 Å². The van der Waals surface area contributed by atoms with E-state index in [-0.39, 0.29) is 11.4 Å². The number of carbonyl (C=O) groups is 1. The standard InChI is InChI=1S/C13H16BrNO2/c1-13(6-7-15-9-13)12(16)17-8-10-2-4-11(14)5-3-10/h2-5,15H,6-9H2,1H3. The molecule has 4 heteroatoms. The van der Waals surface area contributed by atoms with Gasteiger partial charge in [-0.25, -0.2) is 0 Å². The van der Waals surface area contributed by atoms with Crippen LogP contribution in [0.1, 0.15) is 18.9 Å². The van der Waals surface area contributed by atoms with Gasteiger partial charge in [-0.2, -0.15) is 0 Å². The van der Waals surface area contributed by atoms with Crippen LogP contribution in [0.2, 0.25) is 0 Å². The summed E-state index contributed by atoms with van der Waals surface area (Å²) in [4.78, 5) is 11.9. The Morgan fingerprint density at radius 3 is 2.76 bits per heavy atom. The van der Waals surface area contributed by atoms with Crippen molar-refractivity contribution in [3.05, 3.63) is 34.3 Å². The quantitative estimate of drug-likeness (QED) is 0.871. The minimum absolute atomic E-state index is 0.106. The number of hydrogen-bond acceptors (Lipinski definition) is 3. The van der Waals surface area contributed by atoms with Crippen LogP contribution in [-0.4, -0.2) is 19.1 Å². The minimum Gasteiger partial charge on any atom is -0.460 e. The monoisotopic (exact) mass is 297 g/mol. The van der Waals surface area contributed by atoms with E-state index in [1.807, 2.05) is 31.2 Å². The maximum absolute atomic E-state index is 11.9. The average Bonchev–Trinajstić information content (AvgIpc) is 2.76. The van der Waals surface area contributed by atoms with Gasteiger partial charge in [0, 0.05) is 11.0 Å². The van der Waals surface area contributed by atoms with Crippen molar-refractivity contribution < 1.29 is 9.53 Å². The van der Waals surface area contributed by atoms with Gasteiger partial charge in [-0.3, -0.25) is 4.79 Å². The lowest BCUT2D eigenvalue weighted by Crippen LogP contribution is -2.31. The molecule has 1 heterocycles. The maximum Gasteiger partial charge on any atom is 0.313 e. The van der Waals surface area contributed by atoms with Gasteiger partial charge in [0.2, 0.25) is 0 Å². The largest absolute Gasteiger partial charge is 0.460 e. The maximum atomic E-state index is 11.9. The fourth-order valence-corrected chi connectivity index (χ4v) is 2.16. The van der Waals surface area contributed by atoms with Gasteiger partial charge >= 0.3 is 5.97 Å². The van der Waals surface area contributed by atoms with Crippen LogP contribution < -0.4 is 5.32 Å². The molecule has 1 aliphatic rings. The third kappa shape index (κ3) is 3.07. The average molecular weight is 298 g/mol. The first-order valence-electron chi connectivity index (χ1n) is 5.73. The van der Waals surface area contributed by atoms with E-state index >= 15 is 0 Å². The van der Waals surface area contributed by atoms with Gasteiger partial charge < -0.3 is 10.1 Å². The molecular formula is C13H16BrNO2. The summed E-state index contributed by atoms with van der Waals surface area (Å²) in [6.07, 6.45) is 0.853. The van der Waals surface area contributed by atoms with Crippen LogP contribution in [0.15, 0.2) is 28.7 Å². The Morgan fingerprint density at radius 1 is 1.47 bits per heavy atom. The van der Waals surface area contributed by atoms with Crippen molar-refractivity contribution in [3.63, 3.8) is 0 Å². The number of rotatable bonds is 3. The van der Waals surface area contributed by atoms with Crippen molar-refractivity contribution >= 4 is 21.9 Å². The molecule has 1 saturated heterocycles. The molecule has 0 amide bonds. The molecule has 0 aromatic heterocycles. The van der Waals surface area contributed by atoms with Crippen LogP contribution in [-0.2, 0) is 16.1 Å². The van der Waals surface area contributed by atoms with Crippen LogP contribution in [0, 0.1) is 5.41 Å². The van der Waals surface area contributed by atoms with E-state index in [0.717, 1.165) is 23.0 Å². The lowest BCUT2D eigenvalue weighted by Gasteiger charge is -2.20. The third-order valence-corrected chi connectivity index (χ3v) is 3.67. The molecule has 1 aromatic rings. The van der Waals surface area contributed by atoms with Crippen LogP contribution in [0.5, 0.6) is 0 Å². The molecule has 17 heavy (non-hydrogen) atoms. The molecule has 2 rings (SSSR count). The zero-order chi connectivity index (χ0) is 12.3. The van der Waals surface area contributed by atoms with Gasteiger partial charge in [0.1, 0.15) is 6.61 Å². The predicted molar refractivity (Wildman–Crippen MR) is 69.5 cm³/mol. The Labute approximate surface area is 110 Å². The molecule has 1 atom stereocenters. The lowest BCUT2D eigenvalue weighted by molar-refractivity contribution is -0.155. The topological polar surface area (TPSA) is 38.3 Å². The summed E-state index contributed by atoms with van der Waals surface area (Å²) >= 11 is 3.37. The molecule has 1 N–H and O–H groups in total. The fourth-order valence-electron chi connectivity index (χ4n) is 1.89. The summed E-state index contributed by atoms with van der Waals surface area (Å²) < 4.78 is 6.39. The predicted octanol–water partition coefficient (Wildman–Crippen LogP) is 2.49. The first kappa shape index (κ1) is 12.6. The van der Waals surface area contributed by atoms with E-state index in [0.29, 0.717) is 13.2 Å². The summed E-state index contributed by atoms with van der Waals surface area (Å²) in [5.74, 6) is -0.106. The number of carbonyl (C=O) groups excluding carboxylic acids is 1. The molecule has 0 saturated carbocycles. The highest BCUT2D eigenvalue weighted by Gasteiger charge is 2.37. The molecule has 92 valence electrons. The van der Waals surface area contributed by atoms with Crippen LogP contribution in [0.4, 0.5) is 0 Å². The summed E-state index contributed by atoms with van der Waals surface area (Å²) in [5, 5.41) is 3.19. The summed E-state index contributed by atoms with van der Waals surface area (Å²) in [7, 11) is 0. The Morgan fingerprint density at radius 2 is 2.18 bits per heavy atom. The highest BCUT2D eigenvalue weighted by molar-refractivity contribution is 9.10.